The van der Waals surface area contributed by atoms with Gasteiger partial charge >= 0.3 is 5.63 Å². The molecule has 0 aliphatic carbocycles. The Morgan fingerprint density at radius 1 is 1.24 bits per heavy atom. The second-order valence-corrected chi connectivity index (χ2v) is 5.17. The fourth-order valence-electron chi connectivity index (χ4n) is 2.24. The number of ether oxygens (including phenoxy) is 1. The minimum absolute atomic E-state index is 0.0521. The van der Waals surface area contributed by atoms with Crippen LogP contribution in [0.3, 0.4) is 0 Å². The smallest absolute Gasteiger partial charge is 0.347 e. The lowest BCUT2D eigenvalue weighted by Crippen LogP contribution is -2.12. The van der Waals surface area contributed by atoms with Crippen molar-refractivity contribution in [2.24, 2.45) is 0 Å². The first kappa shape index (κ1) is 16.6. The molecule has 0 aliphatic rings. The number of hydrogen-bond acceptors (Lipinski definition) is 6. The van der Waals surface area contributed by atoms with E-state index < -0.39 is 11.4 Å². The van der Waals surface area contributed by atoms with Gasteiger partial charge in [-0.1, -0.05) is 6.07 Å². The van der Waals surface area contributed by atoms with Gasteiger partial charge < -0.3 is 14.3 Å². The van der Waals surface area contributed by atoms with Crippen LogP contribution in [0.1, 0.15) is 16.1 Å². The highest BCUT2D eigenvalue weighted by Crippen LogP contribution is 2.20. The Labute approximate surface area is 143 Å². The second-order valence-electron chi connectivity index (χ2n) is 5.17. The summed E-state index contributed by atoms with van der Waals surface area (Å²) in [6.45, 7) is 0.0304. The SMILES string of the molecule is O=C(/C=C/c1ccccn1)c1cc2ccc(OCCO)cc2oc1=O. The molecule has 0 unspecified atom stereocenters. The number of pyridine rings is 1. The normalized spacial score (nSPS) is 11.1. The molecule has 1 N–H and O–H groups in total. The number of rotatable bonds is 6. The summed E-state index contributed by atoms with van der Waals surface area (Å²) in [5, 5.41) is 9.37. The van der Waals surface area contributed by atoms with E-state index in [1.165, 1.54) is 18.2 Å². The van der Waals surface area contributed by atoms with E-state index in [0.717, 1.165) is 0 Å². The maximum Gasteiger partial charge on any atom is 0.347 e. The number of allylic oxidation sites excluding steroid dienone is 1. The third kappa shape index (κ3) is 3.99. The summed E-state index contributed by atoms with van der Waals surface area (Å²) < 4.78 is 10.5. The molecule has 0 amide bonds. The van der Waals surface area contributed by atoms with Crippen molar-refractivity contribution in [1.29, 1.82) is 0 Å². The van der Waals surface area contributed by atoms with Gasteiger partial charge in [0.1, 0.15) is 23.5 Å². The van der Waals surface area contributed by atoms with Gasteiger partial charge in [-0.2, -0.15) is 0 Å². The minimum Gasteiger partial charge on any atom is -0.491 e. The van der Waals surface area contributed by atoms with E-state index in [9.17, 15) is 9.59 Å². The number of aliphatic hydroxyl groups is 1. The predicted octanol–water partition coefficient (Wildman–Crippen LogP) is 2.46. The van der Waals surface area contributed by atoms with Gasteiger partial charge in [-0.15, -0.1) is 0 Å². The summed E-state index contributed by atoms with van der Waals surface area (Å²) in [6.07, 6.45) is 4.45. The molecule has 0 bridgehead atoms. The second kappa shape index (κ2) is 7.55. The van der Waals surface area contributed by atoms with Crippen molar-refractivity contribution >= 4 is 22.8 Å². The zero-order valence-corrected chi connectivity index (χ0v) is 13.2. The van der Waals surface area contributed by atoms with E-state index in [0.29, 0.717) is 22.4 Å². The van der Waals surface area contributed by atoms with Gasteiger partial charge in [-0.3, -0.25) is 9.78 Å². The third-order valence-corrected chi connectivity index (χ3v) is 3.43. The molecule has 0 spiro atoms. The number of ketones is 1. The molecule has 0 fully saturated rings. The Bertz CT molecular complexity index is 976. The molecule has 0 atom stereocenters. The number of benzene rings is 1. The van der Waals surface area contributed by atoms with Gasteiger partial charge in [-0.05, 0) is 42.5 Å². The van der Waals surface area contributed by atoms with Crippen molar-refractivity contribution in [3.05, 3.63) is 76.4 Å². The largest absolute Gasteiger partial charge is 0.491 e. The molecule has 2 aromatic heterocycles. The number of hydrogen-bond donors (Lipinski definition) is 1. The fourth-order valence-corrected chi connectivity index (χ4v) is 2.24. The molecule has 3 rings (SSSR count). The Hall–Kier alpha value is -3.25. The van der Waals surface area contributed by atoms with Crippen LogP contribution in [0.4, 0.5) is 0 Å². The van der Waals surface area contributed by atoms with Gasteiger partial charge in [-0.25, -0.2) is 4.79 Å². The number of carbonyl (C=O) groups is 1. The monoisotopic (exact) mass is 337 g/mol. The summed E-state index contributed by atoms with van der Waals surface area (Å²) in [5.41, 5.74) is 0.156. The molecule has 6 nitrogen and oxygen atoms in total. The maximum absolute atomic E-state index is 12.3. The molecule has 0 saturated heterocycles. The molecule has 3 aromatic rings. The summed E-state index contributed by atoms with van der Waals surface area (Å²) in [6, 6.07) is 11.7. The lowest BCUT2D eigenvalue weighted by molar-refractivity contribution is 0.104. The number of aliphatic hydroxyl groups excluding tert-OH is 1. The van der Waals surface area contributed by atoms with Crippen LogP contribution in [-0.2, 0) is 0 Å². The highest BCUT2D eigenvalue weighted by molar-refractivity contribution is 6.07. The van der Waals surface area contributed by atoms with Crippen molar-refractivity contribution in [1.82, 2.24) is 4.98 Å². The number of carbonyl (C=O) groups excluding carboxylic acids is 1. The Kier molecular flexibility index (Phi) is 5.01. The average molecular weight is 337 g/mol. The topological polar surface area (TPSA) is 89.6 Å². The molecular formula is C19H15NO5. The van der Waals surface area contributed by atoms with Crippen molar-refractivity contribution < 1.29 is 19.1 Å². The van der Waals surface area contributed by atoms with Crippen molar-refractivity contribution in [3.8, 4) is 5.75 Å². The summed E-state index contributed by atoms with van der Waals surface area (Å²) in [7, 11) is 0. The molecule has 0 aliphatic heterocycles. The molecule has 0 saturated carbocycles. The lowest BCUT2D eigenvalue weighted by Gasteiger charge is -2.05. The van der Waals surface area contributed by atoms with Crippen molar-refractivity contribution in [3.63, 3.8) is 0 Å². The van der Waals surface area contributed by atoms with E-state index in [1.54, 1.807) is 42.6 Å². The highest BCUT2D eigenvalue weighted by atomic mass is 16.5. The van der Waals surface area contributed by atoms with Crippen LogP contribution >= 0.6 is 0 Å². The first-order valence-electron chi connectivity index (χ1n) is 7.62. The van der Waals surface area contributed by atoms with Crippen LogP contribution in [-0.4, -0.2) is 29.1 Å². The molecule has 2 heterocycles. The summed E-state index contributed by atoms with van der Waals surface area (Å²) >= 11 is 0. The lowest BCUT2D eigenvalue weighted by atomic mass is 10.1. The van der Waals surface area contributed by atoms with Gasteiger partial charge in [0.25, 0.3) is 0 Å². The van der Waals surface area contributed by atoms with Crippen LogP contribution in [0.2, 0.25) is 0 Å². The standard InChI is InChI=1S/C19H15NO5/c21-9-10-24-15-6-4-13-11-16(19(23)25-18(13)12-15)17(22)7-5-14-3-1-2-8-20-14/h1-8,11-12,21H,9-10H2/b7-5+. The Balaban J connectivity index is 1.89. The zero-order chi connectivity index (χ0) is 17.6. The molecule has 126 valence electrons. The quantitative estimate of drug-likeness (QED) is 0.422. The van der Waals surface area contributed by atoms with Crippen molar-refractivity contribution in [2.45, 2.75) is 0 Å². The molecular weight excluding hydrogens is 322 g/mol. The first-order chi connectivity index (χ1) is 12.2. The predicted molar refractivity (Wildman–Crippen MR) is 92.7 cm³/mol. The first-order valence-corrected chi connectivity index (χ1v) is 7.62. The van der Waals surface area contributed by atoms with Crippen LogP contribution in [0.25, 0.3) is 17.0 Å². The van der Waals surface area contributed by atoms with Crippen LogP contribution in [0.5, 0.6) is 5.75 Å². The maximum atomic E-state index is 12.3. The van der Waals surface area contributed by atoms with Crippen LogP contribution in [0, 0.1) is 0 Å². The van der Waals surface area contributed by atoms with Gasteiger partial charge in [0.05, 0.1) is 12.3 Å². The van der Waals surface area contributed by atoms with E-state index in [2.05, 4.69) is 4.98 Å². The van der Waals surface area contributed by atoms with Crippen LogP contribution in [0.15, 0.2) is 63.9 Å². The number of aromatic nitrogens is 1. The number of fused-ring (bicyclic) bond motifs is 1. The molecule has 1 aromatic carbocycles. The Morgan fingerprint density at radius 3 is 2.88 bits per heavy atom. The molecule has 25 heavy (non-hydrogen) atoms. The zero-order valence-electron chi connectivity index (χ0n) is 13.2. The van der Waals surface area contributed by atoms with Gasteiger partial charge in [0.15, 0.2) is 5.78 Å². The highest BCUT2D eigenvalue weighted by Gasteiger charge is 2.12. The van der Waals surface area contributed by atoms with Crippen LogP contribution < -0.4 is 10.4 Å². The summed E-state index contributed by atoms with van der Waals surface area (Å²) in [5.74, 6) is 0.0146. The van der Waals surface area contributed by atoms with E-state index in [-0.39, 0.29) is 18.8 Å². The van der Waals surface area contributed by atoms with E-state index >= 15 is 0 Å². The van der Waals surface area contributed by atoms with E-state index in [4.69, 9.17) is 14.3 Å². The Morgan fingerprint density at radius 2 is 2.12 bits per heavy atom. The van der Waals surface area contributed by atoms with Gasteiger partial charge in [0, 0.05) is 17.6 Å². The van der Waals surface area contributed by atoms with Gasteiger partial charge in [0.2, 0.25) is 0 Å². The minimum atomic E-state index is -0.720. The molecule has 0 radical (unpaired) electrons. The van der Waals surface area contributed by atoms with Crippen molar-refractivity contribution in [2.75, 3.05) is 13.2 Å². The molecule has 6 heteroatoms. The fraction of sp³-hybridized carbons (Fsp3) is 0.105. The third-order valence-electron chi connectivity index (χ3n) is 3.43. The van der Waals surface area contributed by atoms with E-state index in [1.807, 2.05) is 0 Å². The number of nitrogens with zero attached hydrogens (tertiary/aromatic N) is 1. The average Bonchev–Trinajstić information content (AvgIpc) is 2.64. The summed E-state index contributed by atoms with van der Waals surface area (Å²) in [4.78, 5) is 28.4.